The van der Waals surface area contributed by atoms with E-state index in [1.165, 1.54) is 11.3 Å². The van der Waals surface area contributed by atoms with Crippen molar-refractivity contribution in [3.8, 4) is 0 Å². The van der Waals surface area contributed by atoms with Gasteiger partial charge in [0.25, 0.3) is 5.91 Å². The Kier molecular flexibility index (Phi) is 5.62. The number of carbonyl (C=O) groups is 1. The average molecular weight is 401 g/mol. The summed E-state index contributed by atoms with van der Waals surface area (Å²) in [7, 11) is 0. The third kappa shape index (κ3) is 3.95. The van der Waals surface area contributed by atoms with Gasteiger partial charge in [-0.15, -0.1) is 11.3 Å². The number of rotatable bonds is 5. The van der Waals surface area contributed by atoms with Gasteiger partial charge < -0.3 is 9.73 Å². The minimum absolute atomic E-state index is 0.0290. The van der Waals surface area contributed by atoms with Gasteiger partial charge in [-0.2, -0.15) is 11.8 Å². The number of amides is 1. The molecule has 1 aliphatic heterocycles. The largest absolute Gasteiger partial charge is 0.468 e. The van der Waals surface area contributed by atoms with E-state index in [0.29, 0.717) is 6.54 Å². The normalized spacial score (nSPS) is 17.3. The first kappa shape index (κ1) is 16.1. The number of nitrogens with one attached hydrogen (secondary N) is 1. The van der Waals surface area contributed by atoms with E-state index in [-0.39, 0.29) is 11.9 Å². The second-order valence-corrected chi connectivity index (χ2v) is 8.07. The fraction of sp³-hybridized carbons (Fsp3) is 0.400. The molecule has 0 radical (unpaired) electrons. The van der Waals surface area contributed by atoms with Crippen molar-refractivity contribution in [2.24, 2.45) is 0 Å². The minimum atomic E-state index is -0.0290. The van der Waals surface area contributed by atoms with Gasteiger partial charge in [0.15, 0.2) is 0 Å². The lowest BCUT2D eigenvalue weighted by Gasteiger charge is -2.33. The van der Waals surface area contributed by atoms with Crippen LogP contribution >= 0.6 is 39.0 Å². The van der Waals surface area contributed by atoms with Crippen LogP contribution in [0.25, 0.3) is 0 Å². The van der Waals surface area contributed by atoms with Crippen LogP contribution < -0.4 is 5.32 Å². The lowest BCUT2D eigenvalue weighted by Crippen LogP contribution is -2.41. The predicted octanol–water partition coefficient (Wildman–Crippen LogP) is 3.62. The van der Waals surface area contributed by atoms with Crippen LogP contribution in [0, 0.1) is 0 Å². The third-order valence-corrected chi connectivity index (χ3v) is 6.24. The fourth-order valence-electron chi connectivity index (χ4n) is 2.49. The highest BCUT2D eigenvalue weighted by Crippen LogP contribution is 2.25. The molecule has 3 heterocycles. The zero-order valence-electron chi connectivity index (χ0n) is 12.0. The molecule has 2 aromatic heterocycles. The summed E-state index contributed by atoms with van der Waals surface area (Å²) in [5, 5.41) is 4.96. The maximum Gasteiger partial charge on any atom is 0.261 e. The van der Waals surface area contributed by atoms with Gasteiger partial charge in [0.2, 0.25) is 0 Å². The van der Waals surface area contributed by atoms with Crippen molar-refractivity contribution in [3.05, 3.63) is 45.0 Å². The fourth-order valence-corrected chi connectivity index (χ4v) is 4.76. The lowest BCUT2D eigenvalue weighted by atomic mass is 10.2. The Balaban J connectivity index is 1.66. The third-order valence-electron chi connectivity index (χ3n) is 3.61. The molecule has 1 saturated heterocycles. The molecule has 1 N–H and O–H groups in total. The molecule has 7 heteroatoms. The molecule has 3 rings (SSSR count). The summed E-state index contributed by atoms with van der Waals surface area (Å²) in [5.74, 6) is 3.14. The number of carbonyl (C=O) groups excluding carboxylic acids is 1. The Labute approximate surface area is 146 Å². The lowest BCUT2D eigenvalue weighted by molar-refractivity contribution is 0.0933. The smallest absolute Gasteiger partial charge is 0.261 e. The van der Waals surface area contributed by atoms with E-state index in [4.69, 9.17) is 4.42 Å². The molecule has 1 fully saturated rings. The van der Waals surface area contributed by atoms with E-state index >= 15 is 0 Å². The van der Waals surface area contributed by atoms with Gasteiger partial charge in [0, 0.05) is 41.0 Å². The summed E-state index contributed by atoms with van der Waals surface area (Å²) < 4.78 is 6.53. The molecule has 0 saturated carbocycles. The molecule has 4 nitrogen and oxygen atoms in total. The molecule has 0 aliphatic carbocycles. The monoisotopic (exact) mass is 400 g/mol. The van der Waals surface area contributed by atoms with Crippen LogP contribution in [0.15, 0.2) is 38.7 Å². The number of thioether (sulfide) groups is 1. The molecular formula is C15H17BrN2O2S2. The van der Waals surface area contributed by atoms with Gasteiger partial charge in [0.1, 0.15) is 5.76 Å². The summed E-state index contributed by atoms with van der Waals surface area (Å²) >= 11 is 6.80. The summed E-state index contributed by atoms with van der Waals surface area (Å²) in [5.41, 5.74) is 0. The summed E-state index contributed by atoms with van der Waals surface area (Å²) in [4.78, 5) is 15.4. The van der Waals surface area contributed by atoms with E-state index < -0.39 is 0 Å². The van der Waals surface area contributed by atoms with E-state index in [0.717, 1.165) is 39.7 Å². The standard InChI is InChI=1S/C15H17BrN2O2S2/c16-11-8-14(22-10-11)15(19)17-9-12(13-2-1-5-20-13)18-3-6-21-7-4-18/h1-2,5,8,10,12H,3-4,6-7,9H2,(H,17,19). The Hall–Kier alpha value is -0.760. The van der Waals surface area contributed by atoms with E-state index in [2.05, 4.69) is 26.1 Å². The van der Waals surface area contributed by atoms with Crippen LogP contribution in [0.1, 0.15) is 21.5 Å². The Morgan fingerprint density at radius 1 is 1.45 bits per heavy atom. The van der Waals surface area contributed by atoms with E-state index in [1.54, 1.807) is 6.26 Å². The molecular weight excluding hydrogens is 384 g/mol. The molecule has 118 valence electrons. The van der Waals surface area contributed by atoms with Crippen LogP contribution in [-0.2, 0) is 0 Å². The van der Waals surface area contributed by atoms with Crippen LogP contribution in [0.5, 0.6) is 0 Å². The van der Waals surface area contributed by atoms with Gasteiger partial charge >= 0.3 is 0 Å². The first-order valence-electron chi connectivity index (χ1n) is 7.11. The molecule has 0 spiro atoms. The van der Waals surface area contributed by atoms with Gasteiger partial charge in [-0.3, -0.25) is 9.69 Å². The van der Waals surface area contributed by atoms with Crippen molar-refractivity contribution in [3.63, 3.8) is 0 Å². The highest BCUT2D eigenvalue weighted by atomic mass is 79.9. The highest BCUT2D eigenvalue weighted by molar-refractivity contribution is 9.10. The van der Waals surface area contributed by atoms with Crippen LogP contribution in [0.3, 0.4) is 0 Å². The Bertz CT molecular complexity index is 609. The quantitative estimate of drug-likeness (QED) is 0.831. The van der Waals surface area contributed by atoms with Crippen molar-refractivity contribution in [1.82, 2.24) is 10.2 Å². The minimum Gasteiger partial charge on any atom is -0.468 e. The molecule has 1 atom stereocenters. The average Bonchev–Trinajstić information content (AvgIpc) is 3.20. The SMILES string of the molecule is O=C(NCC(c1ccco1)N1CCSCC1)c1cc(Br)cs1. The second kappa shape index (κ2) is 7.68. The Morgan fingerprint density at radius 3 is 2.91 bits per heavy atom. The van der Waals surface area contributed by atoms with Gasteiger partial charge in [-0.05, 0) is 34.1 Å². The molecule has 1 unspecified atom stereocenters. The number of hydrogen-bond acceptors (Lipinski definition) is 5. The van der Waals surface area contributed by atoms with Crippen LogP contribution in [0.4, 0.5) is 0 Å². The molecule has 0 aromatic carbocycles. The van der Waals surface area contributed by atoms with E-state index in [9.17, 15) is 4.79 Å². The van der Waals surface area contributed by atoms with Gasteiger partial charge in [-0.1, -0.05) is 0 Å². The first-order chi connectivity index (χ1) is 10.7. The number of hydrogen-bond donors (Lipinski definition) is 1. The van der Waals surface area contributed by atoms with Crippen molar-refractivity contribution in [1.29, 1.82) is 0 Å². The second-order valence-electron chi connectivity index (χ2n) is 5.02. The molecule has 0 bridgehead atoms. The van der Waals surface area contributed by atoms with Crippen molar-refractivity contribution in [2.75, 3.05) is 31.1 Å². The van der Waals surface area contributed by atoms with Crippen molar-refractivity contribution in [2.45, 2.75) is 6.04 Å². The van der Waals surface area contributed by atoms with Gasteiger partial charge in [0.05, 0.1) is 17.2 Å². The number of halogens is 1. The zero-order chi connectivity index (χ0) is 15.4. The summed E-state index contributed by atoms with van der Waals surface area (Å²) in [6.07, 6.45) is 1.69. The number of thiophene rings is 1. The zero-order valence-corrected chi connectivity index (χ0v) is 15.2. The maximum atomic E-state index is 12.2. The molecule has 1 amide bonds. The number of nitrogens with zero attached hydrogens (tertiary/aromatic N) is 1. The maximum absolute atomic E-state index is 12.2. The highest BCUT2D eigenvalue weighted by Gasteiger charge is 2.25. The molecule has 2 aromatic rings. The van der Waals surface area contributed by atoms with Crippen molar-refractivity contribution < 1.29 is 9.21 Å². The number of furan rings is 1. The summed E-state index contributed by atoms with van der Waals surface area (Å²) in [6.45, 7) is 2.61. The van der Waals surface area contributed by atoms with Crippen LogP contribution in [-0.4, -0.2) is 41.9 Å². The molecule has 1 aliphatic rings. The van der Waals surface area contributed by atoms with Crippen LogP contribution in [0.2, 0.25) is 0 Å². The van der Waals surface area contributed by atoms with Crippen molar-refractivity contribution >= 4 is 44.9 Å². The van der Waals surface area contributed by atoms with Gasteiger partial charge in [-0.25, -0.2) is 0 Å². The van der Waals surface area contributed by atoms with E-state index in [1.807, 2.05) is 35.3 Å². The predicted molar refractivity (Wildman–Crippen MR) is 94.7 cm³/mol. The Morgan fingerprint density at radius 2 is 2.27 bits per heavy atom. The molecule has 22 heavy (non-hydrogen) atoms. The topological polar surface area (TPSA) is 45.5 Å². The first-order valence-corrected chi connectivity index (χ1v) is 9.94. The summed E-state index contributed by atoms with van der Waals surface area (Å²) in [6, 6.07) is 5.84.